The quantitative estimate of drug-likeness (QED) is 0.0690. The molecule has 4 fully saturated rings. The Morgan fingerprint density at radius 2 is 1.63 bits per heavy atom. The van der Waals surface area contributed by atoms with E-state index in [1.54, 1.807) is 0 Å². The van der Waals surface area contributed by atoms with Crippen molar-refractivity contribution in [1.82, 2.24) is 10.6 Å². The molecule has 0 aliphatic heterocycles. The third kappa shape index (κ3) is 9.76. The predicted octanol–water partition coefficient (Wildman–Crippen LogP) is 7.42. The second-order valence-electron chi connectivity index (χ2n) is 17.7. The summed E-state index contributed by atoms with van der Waals surface area (Å²) in [5.41, 5.74) is 6.63. The fourth-order valence-corrected chi connectivity index (χ4v) is 12.2. The molecule has 4 unspecified atom stereocenters. The van der Waals surface area contributed by atoms with E-state index in [0.29, 0.717) is 53.5 Å². The van der Waals surface area contributed by atoms with E-state index in [1.165, 1.54) is 25.7 Å². The van der Waals surface area contributed by atoms with Gasteiger partial charge in [0.2, 0.25) is 0 Å². The fraction of sp³-hybridized carbons (Fsp3) is 0.829. The summed E-state index contributed by atoms with van der Waals surface area (Å²) in [6.45, 7) is 15.1. The Hall–Kier alpha value is -1.56. The molecule has 290 valence electrons. The van der Waals surface area contributed by atoms with Gasteiger partial charge in [-0.1, -0.05) is 52.8 Å². The van der Waals surface area contributed by atoms with Gasteiger partial charge in [0.15, 0.2) is 0 Å². The Kier molecular flexibility index (Phi) is 14.1. The highest BCUT2D eigenvalue weighted by Crippen LogP contribution is 2.69. The van der Waals surface area contributed by atoms with E-state index in [-0.39, 0.29) is 28.8 Å². The molecule has 0 aromatic heterocycles. The van der Waals surface area contributed by atoms with Crippen LogP contribution in [0, 0.1) is 52.3 Å². The van der Waals surface area contributed by atoms with E-state index in [4.69, 9.17) is 14.7 Å². The Morgan fingerprint density at radius 3 is 2.33 bits per heavy atom. The van der Waals surface area contributed by atoms with Crippen molar-refractivity contribution >= 4 is 16.4 Å². The molecule has 9 nitrogen and oxygen atoms in total. The van der Waals surface area contributed by atoms with E-state index in [1.807, 2.05) is 44.2 Å². The summed E-state index contributed by atoms with van der Waals surface area (Å²) in [5, 5.41) is 7.46. The number of rotatable bonds is 18. The first kappa shape index (κ1) is 40.6. The average molecular weight is 732 g/mol. The SMILES string of the molecule is CC(C)[C@@H](CC[C@@H](C)C1CCC2C3C(CC[C@@]21C)[C@@]1(C)CC[C@H](NCCCNCCCCN)C[C@@H]1C[C@H]3OC(=O)c1ccccc1)OS(=O)(=O)O. The number of unbranched alkanes of at least 4 members (excludes halogenated alkanes) is 1. The number of nitrogens with one attached hydrogen (secondary N) is 2. The first-order valence-corrected chi connectivity index (χ1v) is 21.7. The number of esters is 1. The molecule has 5 rings (SSSR count). The predicted molar refractivity (Wildman–Crippen MR) is 203 cm³/mol. The summed E-state index contributed by atoms with van der Waals surface area (Å²) in [4.78, 5) is 13.7. The largest absolute Gasteiger partial charge is 0.458 e. The minimum atomic E-state index is -4.50. The first-order chi connectivity index (χ1) is 24.3. The summed E-state index contributed by atoms with van der Waals surface area (Å²) in [7, 11) is -4.50. The summed E-state index contributed by atoms with van der Waals surface area (Å²) >= 11 is 0. The zero-order chi connectivity index (χ0) is 36.8. The minimum absolute atomic E-state index is 0.0173. The summed E-state index contributed by atoms with van der Waals surface area (Å²) in [5.74, 6) is 2.57. The van der Waals surface area contributed by atoms with Gasteiger partial charge in [-0.2, -0.15) is 8.42 Å². The van der Waals surface area contributed by atoms with Crippen molar-refractivity contribution in [3.05, 3.63) is 35.9 Å². The molecule has 0 bridgehead atoms. The second-order valence-corrected chi connectivity index (χ2v) is 18.7. The van der Waals surface area contributed by atoms with Crippen molar-refractivity contribution in [2.75, 3.05) is 26.2 Å². The highest BCUT2D eigenvalue weighted by molar-refractivity contribution is 7.80. The van der Waals surface area contributed by atoms with Crippen LogP contribution in [-0.4, -0.2) is 63.4 Å². The standard InChI is InChI=1S/C41H69N3O6S/c1-28(2)36(50-51(46,47)48)17-14-29(3)33-15-16-34-38-35(19-21-41(33,34)5)40(4)20-18-32(44-25-11-24-43-23-10-9-22-42)26-31(40)27-37(38)49-39(45)30-12-7-6-8-13-30/h6-8,12-13,28-29,31-38,43-44H,9-11,14-27,42H2,1-5H3,(H,46,47,48)/t29-,31-,32+,33?,34?,35?,36-,37-,38?,40+,41-/m1/s1. The number of ether oxygens (including phenoxy) is 1. The molecular formula is C41H69N3O6S. The van der Waals surface area contributed by atoms with Crippen LogP contribution in [0.1, 0.15) is 128 Å². The van der Waals surface area contributed by atoms with Crippen molar-refractivity contribution < 1.29 is 26.7 Å². The van der Waals surface area contributed by atoms with Crippen LogP contribution in [0.3, 0.4) is 0 Å². The minimum Gasteiger partial charge on any atom is -0.458 e. The van der Waals surface area contributed by atoms with Crippen LogP contribution in [0.4, 0.5) is 0 Å². The molecule has 1 aromatic carbocycles. The number of hydrogen-bond donors (Lipinski definition) is 4. The average Bonchev–Trinajstić information content (AvgIpc) is 3.45. The molecule has 0 spiro atoms. The highest BCUT2D eigenvalue weighted by atomic mass is 32.3. The third-order valence-corrected chi connectivity index (χ3v) is 14.8. The molecule has 4 aliphatic carbocycles. The van der Waals surface area contributed by atoms with Crippen LogP contribution in [0.5, 0.6) is 0 Å². The Balaban J connectivity index is 1.29. The normalized spacial score (nSPS) is 34.7. The van der Waals surface area contributed by atoms with Crippen LogP contribution in [0.25, 0.3) is 0 Å². The lowest BCUT2D eigenvalue weighted by molar-refractivity contribution is -0.168. The van der Waals surface area contributed by atoms with Gasteiger partial charge in [0, 0.05) is 12.0 Å². The van der Waals surface area contributed by atoms with Gasteiger partial charge >= 0.3 is 16.4 Å². The Morgan fingerprint density at radius 1 is 0.922 bits per heavy atom. The lowest BCUT2D eigenvalue weighted by atomic mass is 9.43. The maximum absolute atomic E-state index is 13.7. The van der Waals surface area contributed by atoms with Gasteiger partial charge in [-0.05, 0) is 168 Å². The van der Waals surface area contributed by atoms with Crippen LogP contribution in [0.15, 0.2) is 30.3 Å². The number of carbonyl (C=O) groups is 1. The highest BCUT2D eigenvalue weighted by Gasteiger charge is 2.63. The zero-order valence-corrected chi connectivity index (χ0v) is 33.0. The van der Waals surface area contributed by atoms with E-state index in [0.717, 1.165) is 77.5 Å². The van der Waals surface area contributed by atoms with Gasteiger partial charge in [-0.15, -0.1) is 0 Å². The number of benzene rings is 1. The zero-order valence-electron chi connectivity index (χ0n) is 32.2. The van der Waals surface area contributed by atoms with Crippen LogP contribution >= 0.6 is 0 Å². The topological polar surface area (TPSA) is 140 Å². The van der Waals surface area contributed by atoms with Gasteiger partial charge in [0.05, 0.1) is 11.7 Å². The molecular weight excluding hydrogens is 663 g/mol. The number of fused-ring (bicyclic) bond motifs is 5. The molecule has 11 atom stereocenters. The maximum Gasteiger partial charge on any atom is 0.397 e. The number of nitrogens with two attached hydrogens (primary N) is 1. The summed E-state index contributed by atoms with van der Waals surface area (Å²) < 4.78 is 44.3. The summed E-state index contributed by atoms with van der Waals surface area (Å²) in [6, 6.07) is 10.0. The van der Waals surface area contributed by atoms with Gasteiger partial charge in [-0.25, -0.2) is 8.98 Å². The van der Waals surface area contributed by atoms with Crippen molar-refractivity contribution in [1.29, 1.82) is 0 Å². The lowest BCUT2D eigenvalue weighted by Crippen LogP contribution is -2.60. The van der Waals surface area contributed by atoms with Crippen LogP contribution in [-0.2, 0) is 19.3 Å². The smallest absolute Gasteiger partial charge is 0.397 e. The molecule has 0 saturated heterocycles. The molecule has 4 aliphatic rings. The lowest BCUT2D eigenvalue weighted by Gasteiger charge is -2.63. The number of carbonyl (C=O) groups excluding carboxylic acids is 1. The molecule has 51 heavy (non-hydrogen) atoms. The first-order valence-electron chi connectivity index (χ1n) is 20.3. The van der Waals surface area contributed by atoms with E-state index in [2.05, 4.69) is 31.4 Å². The fourth-order valence-electron chi connectivity index (χ4n) is 11.6. The molecule has 0 radical (unpaired) electrons. The molecule has 0 amide bonds. The molecule has 0 heterocycles. The molecule has 10 heteroatoms. The molecule has 4 saturated carbocycles. The van der Waals surface area contributed by atoms with Crippen molar-refractivity contribution in [3.8, 4) is 0 Å². The van der Waals surface area contributed by atoms with E-state index >= 15 is 0 Å². The van der Waals surface area contributed by atoms with Gasteiger partial charge in [0.25, 0.3) is 0 Å². The third-order valence-electron chi connectivity index (χ3n) is 14.4. The molecule has 5 N–H and O–H groups in total. The Bertz CT molecular complexity index is 1360. The van der Waals surface area contributed by atoms with E-state index in [9.17, 15) is 17.8 Å². The van der Waals surface area contributed by atoms with Gasteiger partial charge in [-0.3, -0.25) is 4.55 Å². The van der Waals surface area contributed by atoms with Crippen molar-refractivity contribution in [2.24, 2.45) is 58.0 Å². The van der Waals surface area contributed by atoms with Crippen molar-refractivity contribution in [2.45, 2.75) is 136 Å². The monoisotopic (exact) mass is 731 g/mol. The molecule has 1 aromatic rings. The van der Waals surface area contributed by atoms with Crippen LogP contribution < -0.4 is 16.4 Å². The number of hydrogen-bond acceptors (Lipinski definition) is 8. The van der Waals surface area contributed by atoms with Crippen molar-refractivity contribution in [3.63, 3.8) is 0 Å². The van der Waals surface area contributed by atoms with Gasteiger partial charge < -0.3 is 21.1 Å². The second kappa shape index (κ2) is 17.7. The Labute approximate surface area is 309 Å². The van der Waals surface area contributed by atoms with Gasteiger partial charge in [0.1, 0.15) is 6.10 Å². The maximum atomic E-state index is 13.7. The van der Waals surface area contributed by atoms with Crippen LogP contribution in [0.2, 0.25) is 0 Å². The van der Waals surface area contributed by atoms with E-state index < -0.39 is 16.5 Å². The summed E-state index contributed by atoms with van der Waals surface area (Å²) in [6.07, 6.45) is 13.3.